The fourth-order valence-corrected chi connectivity index (χ4v) is 3.98. The van der Waals surface area contributed by atoms with Crippen molar-refractivity contribution in [2.45, 2.75) is 25.3 Å². The molecule has 2 aromatic carbocycles. The van der Waals surface area contributed by atoms with Crippen LogP contribution in [0.15, 0.2) is 79.1 Å². The van der Waals surface area contributed by atoms with Crippen molar-refractivity contribution in [3.8, 4) is 22.5 Å². The predicted molar refractivity (Wildman–Crippen MR) is 143 cm³/mol. The molecule has 0 atom stereocenters. The van der Waals surface area contributed by atoms with E-state index in [-0.39, 0.29) is 12.5 Å². The third-order valence-electron chi connectivity index (χ3n) is 6.06. The number of imidazole rings is 1. The monoisotopic (exact) mass is 496 g/mol. The average molecular weight is 497 g/mol. The maximum Gasteiger partial charge on any atom is 0.404 e. The zero-order valence-electron chi connectivity index (χ0n) is 20.2. The Morgan fingerprint density at radius 1 is 1.03 bits per heavy atom. The van der Waals surface area contributed by atoms with Gasteiger partial charge in [-0.05, 0) is 31.4 Å². The van der Waals surface area contributed by atoms with Crippen LogP contribution in [-0.2, 0) is 0 Å². The number of benzene rings is 2. The number of carboxylic acid groups (broad SMARTS) is 1. The van der Waals surface area contributed by atoms with Gasteiger partial charge in [0.2, 0.25) is 0 Å². The molecule has 1 saturated carbocycles. The second-order valence-corrected chi connectivity index (χ2v) is 8.88. The van der Waals surface area contributed by atoms with Crippen LogP contribution in [0.5, 0.6) is 0 Å². The van der Waals surface area contributed by atoms with E-state index in [2.05, 4.69) is 20.9 Å². The summed E-state index contributed by atoms with van der Waals surface area (Å²) in [5, 5.41) is 17.3. The van der Waals surface area contributed by atoms with Gasteiger partial charge >= 0.3 is 6.09 Å². The van der Waals surface area contributed by atoms with Gasteiger partial charge < -0.3 is 21.1 Å². The van der Waals surface area contributed by atoms with Crippen molar-refractivity contribution in [2.24, 2.45) is 0 Å². The molecule has 2 amide bonds. The van der Waals surface area contributed by atoms with Gasteiger partial charge in [-0.1, -0.05) is 54.6 Å². The molecule has 2 heterocycles. The van der Waals surface area contributed by atoms with Crippen molar-refractivity contribution in [3.05, 3.63) is 84.7 Å². The minimum atomic E-state index is -1.04. The number of nitrogens with zero attached hydrogens (tertiary/aromatic N) is 3. The largest absolute Gasteiger partial charge is 0.465 e. The van der Waals surface area contributed by atoms with Crippen molar-refractivity contribution in [1.29, 1.82) is 0 Å². The number of aromatic nitrogens is 3. The van der Waals surface area contributed by atoms with E-state index in [1.807, 2.05) is 77.5 Å². The number of hydrogen-bond acceptors (Lipinski definition) is 5. The molecule has 1 aliphatic rings. The SMILES string of the molecule is O=C(O)NC/C=C\CCNc1nc(-c2ccccc2)cn2c(-c3ccc(C(=O)NC4CC4)cc3)cnc12. The Kier molecular flexibility index (Phi) is 7.12. The fourth-order valence-electron chi connectivity index (χ4n) is 3.98. The maximum atomic E-state index is 12.4. The number of carbonyl (C=O) groups is 2. The summed E-state index contributed by atoms with van der Waals surface area (Å²) in [7, 11) is 0. The van der Waals surface area contributed by atoms with Crippen molar-refractivity contribution in [1.82, 2.24) is 25.0 Å². The van der Waals surface area contributed by atoms with Gasteiger partial charge in [0, 0.05) is 42.0 Å². The zero-order valence-corrected chi connectivity index (χ0v) is 20.2. The Balaban J connectivity index is 1.40. The number of rotatable bonds is 10. The predicted octanol–water partition coefficient (Wildman–Crippen LogP) is 4.58. The van der Waals surface area contributed by atoms with Crippen LogP contribution in [0, 0.1) is 0 Å². The Bertz CT molecular complexity index is 1430. The number of fused-ring (bicyclic) bond motifs is 1. The maximum absolute atomic E-state index is 12.4. The van der Waals surface area contributed by atoms with Crippen LogP contribution in [0.25, 0.3) is 28.2 Å². The Morgan fingerprint density at radius 3 is 2.54 bits per heavy atom. The molecule has 9 heteroatoms. The molecule has 1 aliphatic carbocycles. The first-order valence-electron chi connectivity index (χ1n) is 12.3. The minimum Gasteiger partial charge on any atom is -0.465 e. The molecule has 37 heavy (non-hydrogen) atoms. The molecule has 0 saturated heterocycles. The molecular weight excluding hydrogens is 468 g/mol. The van der Waals surface area contributed by atoms with Crippen molar-refractivity contribution >= 4 is 23.5 Å². The average Bonchev–Trinajstić information content (AvgIpc) is 3.63. The lowest BCUT2D eigenvalue weighted by molar-refractivity contribution is 0.0951. The molecule has 5 rings (SSSR count). The van der Waals surface area contributed by atoms with Gasteiger partial charge in [-0.3, -0.25) is 9.20 Å². The molecule has 0 unspecified atom stereocenters. The normalized spacial score (nSPS) is 13.1. The smallest absolute Gasteiger partial charge is 0.404 e. The van der Waals surface area contributed by atoms with Crippen LogP contribution in [0.1, 0.15) is 29.6 Å². The van der Waals surface area contributed by atoms with E-state index in [0.29, 0.717) is 36.0 Å². The summed E-state index contributed by atoms with van der Waals surface area (Å²) >= 11 is 0. The highest BCUT2D eigenvalue weighted by molar-refractivity contribution is 5.95. The first-order chi connectivity index (χ1) is 18.1. The molecule has 9 nitrogen and oxygen atoms in total. The van der Waals surface area contributed by atoms with Crippen molar-refractivity contribution in [3.63, 3.8) is 0 Å². The van der Waals surface area contributed by atoms with E-state index in [1.54, 1.807) is 6.08 Å². The number of anilines is 1. The molecule has 0 bridgehead atoms. The van der Waals surface area contributed by atoms with E-state index >= 15 is 0 Å². The molecule has 1 fully saturated rings. The van der Waals surface area contributed by atoms with Crippen LogP contribution in [-0.4, -0.2) is 50.6 Å². The lowest BCUT2D eigenvalue weighted by atomic mass is 10.1. The summed E-state index contributed by atoms with van der Waals surface area (Å²) in [6.07, 6.45) is 9.24. The second kappa shape index (κ2) is 10.9. The minimum absolute atomic E-state index is 0.0398. The van der Waals surface area contributed by atoms with E-state index < -0.39 is 6.09 Å². The highest BCUT2D eigenvalue weighted by Crippen LogP contribution is 2.28. The van der Waals surface area contributed by atoms with E-state index in [4.69, 9.17) is 10.1 Å². The standard InChI is InChI=1S/C28H28N6O3/c35-27(32-22-13-14-22)21-11-9-20(10-12-21)24-17-31-26-25(29-15-5-2-6-16-30-28(36)37)33-23(18-34(24)26)19-7-3-1-4-8-19/h1-4,6-12,17-18,22,30H,5,13-16H2,(H,29,33)(H,32,35)(H,36,37)/b6-2-. The summed E-state index contributed by atoms with van der Waals surface area (Å²) in [6, 6.07) is 17.8. The number of carbonyl (C=O) groups excluding carboxylic acids is 1. The number of amides is 2. The van der Waals surface area contributed by atoms with Crippen LogP contribution in [0.4, 0.5) is 10.6 Å². The molecule has 0 radical (unpaired) electrons. The highest BCUT2D eigenvalue weighted by atomic mass is 16.4. The second-order valence-electron chi connectivity index (χ2n) is 8.88. The lowest BCUT2D eigenvalue weighted by Gasteiger charge is -2.11. The van der Waals surface area contributed by atoms with Gasteiger partial charge in [0.05, 0.1) is 17.6 Å². The third kappa shape index (κ3) is 5.95. The van der Waals surface area contributed by atoms with Gasteiger partial charge in [-0.25, -0.2) is 14.8 Å². The number of hydrogen-bond donors (Lipinski definition) is 4. The zero-order chi connectivity index (χ0) is 25.6. The molecule has 188 valence electrons. The molecule has 0 aliphatic heterocycles. The van der Waals surface area contributed by atoms with Crippen molar-refractivity contribution in [2.75, 3.05) is 18.4 Å². The molecule has 0 spiro atoms. The summed E-state index contributed by atoms with van der Waals surface area (Å²) in [5.74, 6) is 0.618. The quantitative estimate of drug-likeness (QED) is 0.188. The molecule has 4 aromatic rings. The lowest BCUT2D eigenvalue weighted by Crippen LogP contribution is -2.25. The summed E-state index contributed by atoms with van der Waals surface area (Å²) in [4.78, 5) is 32.4. The summed E-state index contributed by atoms with van der Waals surface area (Å²) < 4.78 is 2.02. The Labute approximate surface area is 214 Å². The highest BCUT2D eigenvalue weighted by Gasteiger charge is 2.23. The van der Waals surface area contributed by atoms with E-state index in [1.165, 1.54) is 0 Å². The molecule has 4 N–H and O–H groups in total. The van der Waals surface area contributed by atoms with Gasteiger partial charge in [0.25, 0.3) is 5.91 Å². The number of nitrogens with one attached hydrogen (secondary N) is 3. The van der Waals surface area contributed by atoms with Gasteiger partial charge in [-0.2, -0.15) is 0 Å². The molecular formula is C28H28N6O3. The van der Waals surface area contributed by atoms with Crippen LogP contribution >= 0.6 is 0 Å². The third-order valence-corrected chi connectivity index (χ3v) is 6.06. The van der Waals surface area contributed by atoms with Crippen LogP contribution < -0.4 is 16.0 Å². The van der Waals surface area contributed by atoms with Gasteiger partial charge in [-0.15, -0.1) is 0 Å². The van der Waals surface area contributed by atoms with Crippen molar-refractivity contribution < 1.29 is 14.7 Å². The first kappa shape index (κ1) is 24.1. The summed E-state index contributed by atoms with van der Waals surface area (Å²) in [6.45, 7) is 0.878. The van der Waals surface area contributed by atoms with Gasteiger partial charge in [0.1, 0.15) is 0 Å². The van der Waals surface area contributed by atoms with E-state index in [9.17, 15) is 9.59 Å². The topological polar surface area (TPSA) is 121 Å². The Morgan fingerprint density at radius 2 is 1.81 bits per heavy atom. The van der Waals surface area contributed by atoms with Crippen LogP contribution in [0.2, 0.25) is 0 Å². The Hall–Kier alpha value is -4.66. The molecule has 2 aromatic heterocycles. The van der Waals surface area contributed by atoms with Gasteiger partial charge in [0.15, 0.2) is 11.5 Å². The van der Waals surface area contributed by atoms with E-state index in [0.717, 1.165) is 35.4 Å². The fraction of sp³-hybridized carbons (Fsp3) is 0.214. The summed E-state index contributed by atoms with van der Waals surface area (Å²) in [5.41, 5.74) is 4.97. The van der Waals surface area contributed by atoms with Crippen LogP contribution in [0.3, 0.4) is 0 Å². The first-order valence-corrected chi connectivity index (χ1v) is 12.3.